The normalized spacial score (nSPS) is 18.2. The average molecular weight is 328 g/mol. The molecule has 0 atom stereocenters. The van der Waals surface area contributed by atoms with Crippen molar-refractivity contribution in [2.75, 3.05) is 0 Å². The fourth-order valence-electron chi connectivity index (χ4n) is 2.08. The Labute approximate surface area is 138 Å². The zero-order valence-electron chi connectivity index (χ0n) is 12.6. The lowest BCUT2D eigenvalue weighted by molar-refractivity contribution is -0.115. The van der Waals surface area contributed by atoms with Crippen molar-refractivity contribution < 1.29 is 4.79 Å². The first-order valence-electron chi connectivity index (χ1n) is 6.94. The van der Waals surface area contributed by atoms with Gasteiger partial charge in [-0.3, -0.25) is 4.79 Å². The van der Waals surface area contributed by atoms with E-state index in [-0.39, 0.29) is 5.91 Å². The average Bonchev–Trinajstić information content (AvgIpc) is 3.02. The van der Waals surface area contributed by atoms with Gasteiger partial charge >= 0.3 is 0 Å². The minimum absolute atomic E-state index is 0.0816. The van der Waals surface area contributed by atoms with Crippen LogP contribution in [0.5, 0.6) is 0 Å². The van der Waals surface area contributed by atoms with Gasteiger partial charge in [-0.2, -0.15) is 0 Å². The van der Waals surface area contributed by atoms with E-state index in [1.807, 2.05) is 44.4 Å². The molecule has 1 aromatic carbocycles. The second kappa shape index (κ2) is 6.10. The lowest BCUT2D eigenvalue weighted by Crippen LogP contribution is -2.19. The van der Waals surface area contributed by atoms with Crippen molar-refractivity contribution >= 4 is 45.9 Å². The Kier molecular flexibility index (Phi) is 4.18. The smallest absolute Gasteiger partial charge is 0.264 e. The van der Waals surface area contributed by atoms with Gasteiger partial charge in [0.15, 0.2) is 5.17 Å². The molecule has 22 heavy (non-hydrogen) atoms. The standard InChI is InChI=1S/C17H16N2OS2/c1-10-4-5-11(2)13(8-10)18-17-19-16(20)15(22-17)9-14-12(3)6-7-21-14/h4-9H,1-3H3,(H,18,19,20)/b15-9-. The SMILES string of the molecule is Cc1ccc(C)c(N=C2NC(=O)/C(=C/c3sccc3C)S2)c1. The molecule has 0 aliphatic carbocycles. The van der Waals surface area contributed by atoms with Crippen molar-refractivity contribution in [3.63, 3.8) is 0 Å². The monoisotopic (exact) mass is 328 g/mol. The number of hydrogen-bond donors (Lipinski definition) is 1. The van der Waals surface area contributed by atoms with Crippen LogP contribution in [0.4, 0.5) is 5.69 Å². The van der Waals surface area contributed by atoms with Crippen LogP contribution >= 0.6 is 23.1 Å². The van der Waals surface area contributed by atoms with Crippen LogP contribution in [0.15, 0.2) is 39.5 Å². The summed E-state index contributed by atoms with van der Waals surface area (Å²) < 4.78 is 0. The Morgan fingerprint density at radius 3 is 2.68 bits per heavy atom. The lowest BCUT2D eigenvalue weighted by atomic mass is 10.1. The number of carbonyl (C=O) groups is 1. The molecule has 1 amide bonds. The van der Waals surface area contributed by atoms with Gasteiger partial charge in [-0.1, -0.05) is 12.1 Å². The summed E-state index contributed by atoms with van der Waals surface area (Å²) >= 11 is 3.03. The molecule has 0 saturated carbocycles. The molecule has 2 aromatic rings. The molecule has 1 N–H and O–H groups in total. The summed E-state index contributed by atoms with van der Waals surface area (Å²) in [5.41, 5.74) is 4.34. The number of aryl methyl sites for hydroxylation is 3. The van der Waals surface area contributed by atoms with Gasteiger partial charge < -0.3 is 5.32 Å². The number of amides is 1. The van der Waals surface area contributed by atoms with E-state index in [2.05, 4.69) is 22.4 Å². The van der Waals surface area contributed by atoms with Gasteiger partial charge in [0, 0.05) is 4.88 Å². The topological polar surface area (TPSA) is 41.5 Å². The number of hydrogen-bond acceptors (Lipinski definition) is 4. The second-order valence-corrected chi connectivity index (χ2v) is 7.22. The molecule has 1 aliphatic heterocycles. The van der Waals surface area contributed by atoms with E-state index in [1.165, 1.54) is 17.3 Å². The van der Waals surface area contributed by atoms with Crippen molar-refractivity contribution in [2.45, 2.75) is 20.8 Å². The molecular weight excluding hydrogens is 312 g/mol. The van der Waals surface area contributed by atoms with Crippen LogP contribution in [-0.4, -0.2) is 11.1 Å². The van der Waals surface area contributed by atoms with E-state index >= 15 is 0 Å². The number of rotatable bonds is 2. The number of aliphatic imine (C=N–C) groups is 1. The predicted molar refractivity (Wildman–Crippen MR) is 95.8 cm³/mol. The van der Waals surface area contributed by atoms with Gasteiger partial charge in [-0.25, -0.2) is 4.99 Å². The third-order valence-corrected chi connectivity index (χ3v) is 5.28. The molecule has 1 aromatic heterocycles. The highest BCUT2D eigenvalue weighted by atomic mass is 32.2. The summed E-state index contributed by atoms with van der Waals surface area (Å²) in [4.78, 5) is 18.5. The summed E-state index contributed by atoms with van der Waals surface area (Å²) in [7, 11) is 0. The molecular formula is C17H16N2OS2. The van der Waals surface area contributed by atoms with Gasteiger partial charge in [0.25, 0.3) is 5.91 Å². The molecule has 3 rings (SSSR count). The third-order valence-electron chi connectivity index (χ3n) is 3.40. The zero-order valence-corrected chi connectivity index (χ0v) is 14.3. The highest BCUT2D eigenvalue weighted by Crippen LogP contribution is 2.31. The zero-order chi connectivity index (χ0) is 15.7. The van der Waals surface area contributed by atoms with Gasteiger partial charge in [0.1, 0.15) is 0 Å². The second-order valence-electron chi connectivity index (χ2n) is 5.24. The minimum Gasteiger partial charge on any atom is -0.300 e. The van der Waals surface area contributed by atoms with Crippen molar-refractivity contribution in [3.05, 3.63) is 56.1 Å². The number of thioether (sulfide) groups is 1. The maximum absolute atomic E-state index is 12.1. The fraction of sp³-hybridized carbons (Fsp3) is 0.176. The Morgan fingerprint density at radius 1 is 1.14 bits per heavy atom. The molecule has 2 heterocycles. The van der Waals surface area contributed by atoms with Crippen LogP contribution in [0, 0.1) is 20.8 Å². The largest absolute Gasteiger partial charge is 0.300 e. The summed E-state index contributed by atoms with van der Waals surface area (Å²) in [6.45, 7) is 6.10. The van der Waals surface area contributed by atoms with E-state index in [4.69, 9.17) is 0 Å². The fourth-order valence-corrected chi connectivity index (χ4v) is 3.83. The van der Waals surface area contributed by atoms with Crippen LogP contribution in [0.2, 0.25) is 0 Å². The van der Waals surface area contributed by atoms with Crippen molar-refractivity contribution in [2.24, 2.45) is 4.99 Å². The Balaban J connectivity index is 1.88. The van der Waals surface area contributed by atoms with Crippen LogP contribution in [0.1, 0.15) is 21.6 Å². The van der Waals surface area contributed by atoms with Crippen LogP contribution in [-0.2, 0) is 4.79 Å². The quantitative estimate of drug-likeness (QED) is 0.821. The van der Waals surface area contributed by atoms with Gasteiger partial charge in [-0.15, -0.1) is 11.3 Å². The number of nitrogens with zero attached hydrogens (tertiary/aromatic N) is 1. The lowest BCUT2D eigenvalue weighted by Gasteiger charge is -2.02. The highest BCUT2D eigenvalue weighted by molar-refractivity contribution is 8.18. The molecule has 1 aliphatic rings. The van der Waals surface area contributed by atoms with E-state index < -0.39 is 0 Å². The molecule has 3 nitrogen and oxygen atoms in total. The molecule has 0 bridgehead atoms. The van der Waals surface area contributed by atoms with Crippen LogP contribution < -0.4 is 5.32 Å². The number of carbonyl (C=O) groups excluding carboxylic acids is 1. The molecule has 112 valence electrons. The number of nitrogens with one attached hydrogen (secondary N) is 1. The minimum atomic E-state index is -0.0816. The molecule has 5 heteroatoms. The first kappa shape index (κ1) is 15.1. The molecule has 0 radical (unpaired) electrons. The molecule has 0 spiro atoms. The number of thiophene rings is 1. The number of amidine groups is 1. The first-order chi connectivity index (χ1) is 10.5. The summed E-state index contributed by atoms with van der Waals surface area (Å²) in [6.07, 6.45) is 1.94. The van der Waals surface area contributed by atoms with Gasteiger partial charge in [0.2, 0.25) is 0 Å². The molecule has 1 saturated heterocycles. The van der Waals surface area contributed by atoms with Crippen molar-refractivity contribution in [1.82, 2.24) is 5.32 Å². The first-order valence-corrected chi connectivity index (χ1v) is 8.63. The Bertz CT molecular complexity index is 803. The highest BCUT2D eigenvalue weighted by Gasteiger charge is 2.24. The van der Waals surface area contributed by atoms with Crippen molar-refractivity contribution in [3.8, 4) is 0 Å². The maximum Gasteiger partial charge on any atom is 0.264 e. The number of benzene rings is 1. The summed E-state index contributed by atoms with van der Waals surface area (Å²) in [5, 5.41) is 5.51. The summed E-state index contributed by atoms with van der Waals surface area (Å²) in [6, 6.07) is 8.19. The van der Waals surface area contributed by atoms with E-state index in [0.29, 0.717) is 10.1 Å². The van der Waals surface area contributed by atoms with E-state index in [1.54, 1.807) is 11.3 Å². The van der Waals surface area contributed by atoms with Gasteiger partial charge in [0.05, 0.1) is 10.6 Å². The maximum atomic E-state index is 12.1. The van der Waals surface area contributed by atoms with Crippen LogP contribution in [0.3, 0.4) is 0 Å². The molecule has 1 fully saturated rings. The predicted octanol–water partition coefficient (Wildman–Crippen LogP) is 4.56. The Morgan fingerprint density at radius 2 is 1.95 bits per heavy atom. The van der Waals surface area contributed by atoms with Gasteiger partial charge in [-0.05, 0) is 72.8 Å². The Hall–Kier alpha value is -1.85. The summed E-state index contributed by atoms with van der Waals surface area (Å²) in [5.74, 6) is -0.0816. The third kappa shape index (κ3) is 3.15. The van der Waals surface area contributed by atoms with E-state index in [9.17, 15) is 4.79 Å². The molecule has 0 unspecified atom stereocenters. The van der Waals surface area contributed by atoms with E-state index in [0.717, 1.165) is 21.7 Å². The van der Waals surface area contributed by atoms with Crippen molar-refractivity contribution in [1.29, 1.82) is 0 Å². The van der Waals surface area contributed by atoms with Crippen LogP contribution in [0.25, 0.3) is 6.08 Å².